The first-order valence-electron chi connectivity index (χ1n) is 3.52. The summed E-state index contributed by atoms with van der Waals surface area (Å²) in [5.74, 6) is 0. The van der Waals surface area contributed by atoms with Crippen LogP contribution in [0.3, 0.4) is 0 Å². The van der Waals surface area contributed by atoms with Crippen molar-refractivity contribution < 1.29 is 4.21 Å². The van der Waals surface area contributed by atoms with Gasteiger partial charge in [-0.2, -0.15) is 0 Å². The number of hydrogen-bond donors (Lipinski definition) is 0. The second kappa shape index (κ2) is 3.18. The molecule has 0 aliphatic rings. The lowest BCUT2D eigenvalue weighted by molar-refractivity contribution is 0.686. The Morgan fingerprint density at radius 1 is 1.18 bits per heavy atom. The SMILES string of the molecule is Cc1ccc(S(C)=O)cc1C. The first kappa shape index (κ1) is 8.47. The molecular formula is C9H12OS. The molecule has 0 amide bonds. The van der Waals surface area contributed by atoms with Gasteiger partial charge in [0, 0.05) is 22.0 Å². The third-order valence-electron chi connectivity index (χ3n) is 1.81. The van der Waals surface area contributed by atoms with Crippen LogP contribution in [0.1, 0.15) is 11.1 Å². The molecule has 1 aromatic rings. The van der Waals surface area contributed by atoms with Crippen molar-refractivity contribution in [1.29, 1.82) is 0 Å². The second-order valence-electron chi connectivity index (χ2n) is 2.70. The summed E-state index contributed by atoms with van der Waals surface area (Å²) in [5.41, 5.74) is 2.46. The van der Waals surface area contributed by atoms with E-state index < -0.39 is 10.8 Å². The van der Waals surface area contributed by atoms with Crippen LogP contribution in [0.5, 0.6) is 0 Å². The summed E-state index contributed by atoms with van der Waals surface area (Å²) in [6.45, 7) is 4.09. The Labute approximate surface area is 69.9 Å². The van der Waals surface area contributed by atoms with E-state index >= 15 is 0 Å². The van der Waals surface area contributed by atoms with E-state index in [2.05, 4.69) is 6.92 Å². The van der Waals surface area contributed by atoms with Crippen molar-refractivity contribution in [2.24, 2.45) is 0 Å². The fourth-order valence-corrected chi connectivity index (χ4v) is 1.50. The molecule has 1 unspecified atom stereocenters. The molecule has 0 saturated carbocycles. The van der Waals surface area contributed by atoms with Crippen LogP contribution in [0.25, 0.3) is 0 Å². The molecule has 0 radical (unpaired) electrons. The molecule has 2 heteroatoms. The largest absolute Gasteiger partial charge is 0.255 e. The van der Waals surface area contributed by atoms with Gasteiger partial charge in [-0.15, -0.1) is 0 Å². The van der Waals surface area contributed by atoms with E-state index in [0.717, 1.165) is 4.90 Å². The summed E-state index contributed by atoms with van der Waals surface area (Å²) in [6.07, 6.45) is 1.70. The summed E-state index contributed by atoms with van der Waals surface area (Å²) < 4.78 is 11.0. The van der Waals surface area contributed by atoms with Crippen molar-refractivity contribution in [3.63, 3.8) is 0 Å². The minimum atomic E-state index is -0.847. The monoisotopic (exact) mass is 168 g/mol. The van der Waals surface area contributed by atoms with Gasteiger partial charge in [0.25, 0.3) is 0 Å². The topological polar surface area (TPSA) is 17.1 Å². The molecular weight excluding hydrogens is 156 g/mol. The van der Waals surface area contributed by atoms with Crippen molar-refractivity contribution in [2.45, 2.75) is 18.7 Å². The van der Waals surface area contributed by atoms with Gasteiger partial charge in [0.15, 0.2) is 0 Å². The average Bonchev–Trinajstić information content (AvgIpc) is 1.94. The van der Waals surface area contributed by atoms with Crippen molar-refractivity contribution in [3.05, 3.63) is 29.3 Å². The van der Waals surface area contributed by atoms with E-state index in [0.29, 0.717) is 0 Å². The molecule has 1 rings (SSSR count). The van der Waals surface area contributed by atoms with Crippen molar-refractivity contribution >= 4 is 10.8 Å². The maximum atomic E-state index is 11.0. The van der Waals surface area contributed by atoms with Gasteiger partial charge >= 0.3 is 0 Å². The quantitative estimate of drug-likeness (QED) is 0.627. The Hall–Kier alpha value is -0.630. The Morgan fingerprint density at radius 2 is 1.82 bits per heavy atom. The number of aryl methyl sites for hydroxylation is 2. The van der Waals surface area contributed by atoms with Gasteiger partial charge in [0.05, 0.1) is 0 Å². The summed E-state index contributed by atoms with van der Waals surface area (Å²) in [4.78, 5) is 0.910. The smallest absolute Gasteiger partial charge is 0.0498 e. The van der Waals surface area contributed by atoms with Crippen LogP contribution in [0.15, 0.2) is 23.1 Å². The lowest BCUT2D eigenvalue weighted by Gasteiger charge is -2.01. The Bertz CT molecular complexity index is 292. The van der Waals surface area contributed by atoms with E-state index in [9.17, 15) is 4.21 Å². The van der Waals surface area contributed by atoms with Gasteiger partial charge in [0.1, 0.15) is 0 Å². The van der Waals surface area contributed by atoms with E-state index in [1.165, 1.54) is 11.1 Å². The van der Waals surface area contributed by atoms with Crippen molar-refractivity contribution in [3.8, 4) is 0 Å². The number of rotatable bonds is 1. The van der Waals surface area contributed by atoms with Crippen LogP contribution >= 0.6 is 0 Å². The highest BCUT2D eigenvalue weighted by Crippen LogP contribution is 2.11. The lowest BCUT2D eigenvalue weighted by Crippen LogP contribution is -1.89. The number of hydrogen-bond acceptors (Lipinski definition) is 1. The molecule has 60 valence electrons. The number of benzene rings is 1. The lowest BCUT2D eigenvalue weighted by atomic mass is 10.1. The van der Waals surface area contributed by atoms with Gasteiger partial charge in [-0.3, -0.25) is 4.21 Å². The maximum absolute atomic E-state index is 11.0. The van der Waals surface area contributed by atoms with Crippen LogP contribution in [0, 0.1) is 13.8 Å². The molecule has 0 fully saturated rings. The Morgan fingerprint density at radius 3 is 2.27 bits per heavy atom. The molecule has 0 spiro atoms. The first-order valence-corrected chi connectivity index (χ1v) is 5.08. The van der Waals surface area contributed by atoms with Crippen LogP contribution in [-0.4, -0.2) is 10.5 Å². The fourth-order valence-electron chi connectivity index (χ4n) is 0.893. The van der Waals surface area contributed by atoms with Gasteiger partial charge in [-0.05, 0) is 37.1 Å². The zero-order valence-electron chi connectivity index (χ0n) is 7.05. The first-order chi connectivity index (χ1) is 5.11. The third-order valence-corrected chi connectivity index (χ3v) is 2.73. The molecule has 0 heterocycles. The molecule has 0 saturated heterocycles. The third kappa shape index (κ3) is 1.90. The molecule has 0 N–H and O–H groups in total. The van der Waals surface area contributed by atoms with Gasteiger partial charge < -0.3 is 0 Å². The predicted octanol–water partition coefficient (Wildman–Crippen LogP) is 2.04. The molecule has 0 aliphatic carbocycles. The molecule has 0 aromatic heterocycles. The van der Waals surface area contributed by atoms with E-state index in [1.807, 2.05) is 25.1 Å². The summed E-state index contributed by atoms with van der Waals surface area (Å²) in [6, 6.07) is 5.90. The Kier molecular flexibility index (Phi) is 2.45. The van der Waals surface area contributed by atoms with Crippen LogP contribution < -0.4 is 0 Å². The molecule has 11 heavy (non-hydrogen) atoms. The maximum Gasteiger partial charge on any atom is 0.0498 e. The zero-order valence-corrected chi connectivity index (χ0v) is 7.87. The highest BCUT2D eigenvalue weighted by Gasteiger charge is 1.98. The summed E-state index contributed by atoms with van der Waals surface area (Å²) >= 11 is 0. The summed E-state index contributed by atoms with van der Waals surface area (Å²) in [5, 5.41) is 0. The zero-order chi connectivity index (χ0) is 8.43. The minimum absolute atomic E-state index is 0.847. The van der Waals surface area contributed by atoms with Gasteiger partial charge in [0.2, 0.25) is 0 Å². The van der Waals surface area contributed by atoms with E-state index in [1.54, 1.807) is 6.26 Å². The highest BCUT2D eigenvalue weighted by atomic mass is 32.2. The second-order valence-corrected chi connectivity index (χ2v) is 4.08. The standard InChI is InChI=1S/C9H12OS/c1-7-4-5-9(11(3)10)6-8(7)2/h4-6H,1-3H3. The van der Waals surface area contributed by atoms with Crippen LogP contribution in [0.2, 0.25) is 0 Å². The molecule has 1 aromatic carbocycles. The van der Waals surface area contributed by atoms with Crippen molar-refractivity contribution in [2.75, 3.05) is 6.26 Å². The fraction of sp³-hybridized carbons (Fsp3) is 0.333. The van der Waals surface area contributed by atoms with Crippen LogP contribution in [0.4, 0.5) is 0 Å². The summed E-state index contributed by atoms with van der Waals surface area (Å²) in [7, 11) is -0.847. The normalized spacial score (nSPS) is 13.0. The molecule has 0 bridgehead atoms. The predicted molar refractivity (Wildman–Crippen MR) is 48.2 cm³/mol. The van der Waals surface area contributed by atoms with Gasteiger partial charge in [-0.1, -0.05) is 6.07 Å². The Balaban J connectivity index is 3.15. The van der Waals surface area contributed by atoms with Crippen molar-refractivity contribution in [1.82, 2.24) is 0 Å². The molecule has 1 nitrogen and oxygen atoms in total. The molecule has 0 aliphatic heterocycles. The average molecular weight is 168 g/mol. The van der Waals surface area contributed by atoms with Crippen LogP contribution in [-0.2, 0) is 10.8 Å². The van der Waals surface area contributed by atoms with Gasteiger partial charge in [-0.25, -0.2) is 0 Å². The highest BCUT2D eigenvalue weighted by molar-refractivity contribution is 7.84. The molecule has 1 atom stereocenters. The van der Waals surface area contributed by atoms with E-state index in [-0.39, 0.29) is 0 Å². The van der Waals surface area contributed by atoms with E-state index in [4.69, 9.17) is 0 Å². The minimum Gasteiger partial charge on any atom is -0.255 e.